The molecule has 0 amide bonds. The number of halogens is 1. The molecule has 6 rings (SSSR count). The van der Waals surface area contributed by atoms with E-state index in [1.807, 2.05) is 48.9 Å². The maximum Gasteiger partial charge on any atom is 0.231 e. The third-order valence-electron chi connectivity index (χ3n) is 6.58. The zero-order valence-electron chi connectivity index (χ0n) is 19.0. The molecule has 2 aliphatic heterocycles. The van der Waals surface area contributed by atoms with E-state index in [1.165, 1.54) is 5.56 Å². The zero-order valence-corrected chi connectivity index (χ0v) is 19.8. The lowest BCUT2D eigenvalue weighted by Gasteiger charge is -2.33. The van der Waals surface area contributed by atoms with Crippen molar-refractivity contribution in [3.8, 4) is 22.8 Å². The van der Waals surface area contributed by atoms with Gasteiger partial charge in [0.25, 0.3) is 0 Å². The van der Waals surface area contributed by atoms with E-state index in [-0.39, 0.29) is 0 Å². The number of aromatic nitrogens is 3. The van der Waals surface area contributed by atoms with Crippen LogP contribution in [0.5, 0.6) is 11.5 Å². The Labute approximate surface area is 204 Å². The first kappa shape index (κ1) is 21.3. The van der Waals surface area contributed by atoms with Crippen LogP contribution in [0.2, 0.25) is 5.02 Å². The van der Waals surface area contributed by atoms with Crippen molar-refractivity contribution in [2.75, 3.05) is 25.2 Å². The number of anilines is 1. The molecule has 34 heavy (non-hydrogen) atoms. The lowest BCUT2D eigenvalue weighted by molar-refractivity contribution is 0.173. The second kappa shape index (κ2) is 8.85. The summed E-state index contributed by atoms with van der Waals surface area (Å²) in [5.41, 5.74) is 4.91. The third-order valence-corrected chi connectivity index (χ3v) is 6.91. The van der Waals surface area contributed by atoms with Crippen LogP contribution in [0, 0.1) is 0 Å². The van der Waals surface area contributed by atoms with Crippen LogP contribution < -0.4 is 20.3 Å². The number of fused-ring (bicyclic) bond motifs is 2. The van der Waals surface area contributed by atoms with Crippen molar-refractivity contribution in [1.29, 1.82) is 0 Å². The minimum absolute atomic E-state index is 0.312. The number of rotatable bonds is 5. The topological polar surface area (TPSA) is 63.9 Å². The molecule has 0 radical (unpaired) electrons. The molecule has 4 heterocycles. The number of likely N-dealkylation sites (tertiary alicyclic amines) is 1. The van der Waals surface area contributed by atoms with E-state index in [0.29, 0.717) is 17.9 Å². The van der Waals surface area contributed by atoms with E-state index < -0.39 is 0 Å². The van der Waals surface area contributed by atoms with Crippen LogP contribution in [0.3, 0.4) is 0 Å². The zero-order chi connectivity index (χ0) is 23.1. The fraction of sp³-hybridized carbons (Fsp3) is 0.280. The van der Waals surface area contributed by atoms with Crippen LogP contribution in [0.4, 0.5) is 5.82 Å². The Morgan fingerprint density at radius 2 is 1.88 bits per heavy atom. The molecule has 7 nitrogen and oxygen atoms in total. The Morgan fingerprint density at radius 1 is 1.06 bits per heavy atom. The fourth-order valence-corrected chi connectivity index (χ4v) is 4.96. The smallest absolute Gasteiger partial charge is 0.231 e. The van der Waals surface area contributed by atoms with Crippen molar-refractivity contribution in [3.63, 3.8) is 0 Å². The molecule has 4 aromatic rings. The molecule has 0 spiro atoms. The molecule has 1 fully saturated rings. The van der Waals surface area contributed by atoms with E-state index in [2.05, 4.69) is 33.5 Å². The molecule has 1 N–H and O–H groups in total. The summed E-state index contributed by atoms with van der Waals surface area (Å²) in [5.74, 6) is 2.63. The van der Waals surface area contributed by atoms with E-state index in [9.17, 15) is 0 Å². The number of hydrogen-bond acceptors (Lipinski definition) is 6. The van der Waals surface area contributed by atoms with Gasteiger partial charge in [-0.15, -0.1) is 0 Å². The molecule has 2 aromatic carbocycles. The van der Waals surface area contributed by atoms with Gasteiger partial charge >= 0.3 is 0 Å². The highest BCUT2D eigenvalue weighted by molar-refractivity contribution is 6.36. The Hall–Kier alpha value is -3.23. The minimum Gasteiger partial charge on any atom is -0.454 e. The number of hydrogen-bond donors (Lipinski definition) is 1. The Kier molecular flexibility index (Phi) is 5.55. The Bertz CT molecular complexity index is 1350. The van der Waals surface area contributed by atoms with Gasteiger partial charge in [-0.05, 0) is 42.1 Å². The van der Waals surface area contributed by atoms with Crippen molar-refractivity contribution < 1.29 is 9.47 Å². The molecule has 0 unspecified atom stereocenters. The average Bonchev–Trinajstić information content (AvgIpc) is 3.47. The molecule has 0 aliphatic carbocycles. The summed E-state index contributed by atoms with van der Waals surface area (Å²) in [6.45, 7) is 3.27. The Balaban J connectivity index is 1.17. The third kappa shape index (κ3) is 4.08. The summed E-state index contributed by atoms with van der Waals surface area (Å²) in [5, 5.41) is 9.00. The maximum atomic E-state index is 6.48. The van der Waals surface area contributed by atoms with Gasteiger partial charge in [-0.3, -0.25) is 4.90 Å². The van der Waals surface area contributed by atoms with E-state index in [1.54, 1.807) is 0 Å². The van der Waals surface area contributed by atoms with Gasteiger partial charge in [0.2, 0.25) is 6.79 Å². The van der Waals surface area contributed by atoms with Crippen LogP contribution in [-0.4, -0.2) is 53.3 Å². The van der Waals surface area contributed by atoms with Gasteiger partial charge in [0.05, 0.1) is 5.69 Å². The normalized spacial score (nSPS) is 16.3. The first-order chi connectivity index (χ1) is 16.6. The summed E-state index contributed by atoms with van der Waals surface area (Å²) in [6.07, 6.45) is 3.96. The quantitative estimate of drug-likeness (QED) is 0.449. The highest BCUT2D eigenvalue weighted by atomic mass is 35.5. The van der Waals surface area contributed by atoms with Crippen LogP contribution >= 0.6 is 11.6 Å². The van der Waals surface area contributed by atoms with Gasteiger partial charge in [0.15, 0.2) is 17.1 Å². The number of nitrogens with one attached hydrogen (secondary N) is 1. The molecular formula is C25H25BClN5O2. The summed E-state index contributed by atoms with van der Waals surface area (Å²) in [7, 11) is 2.03. The fourth-order valence-electron chi connectivity index (χ4n) is 4.72. The SMILES string of the molecule is Bc1cnn2c(NC3CCN(Cc4ccc5c(c4)OCO5)CC3)cc(-c3ccccc3Cl)nc12. The summed E-state index contributed by atoms with van der Waals surface area (Å²) < 4.78 is 12.8. The lowest BCUT2D eigenvalue weighted by Crippen LogP contribution is -2.39. The molecule has 0 saturated carbocycles. The molecule has 1 saturated heterocycles. The monoisotopic (exact) mass is 473 g/mol. The second-order valence-electron chi connectivity index (χ2n) is 8.95. The molecule has 9 heteroatoms. The summed E-state index contributed by atoms with van der Waals surface area (Å²) in [6, 6.07) is 16.5. The second-order valence-corrected chi connectivity index (χ2v) is 9.36. The van der Waals surface area contributed by atoms with E-state index >= 15 is 0 Å². The molecular weight excluding hydrogens is 449 g/mol. The molecule has 2 aliphatic rings. The average molecular weight is 474 g/mol. The van der Waals surface area contributed by atoms with E-state index in [4.69, 9.17) is 26.1 Å². The van der Waals surface area contributed by atoms with Gasteiger partial charge in [-0.25, -0.2) is 4.98 Å². The first-order valence-electron chi connectivity index (χ1n) is 11.6. The maximum absolute atomic E-state index is 6.48. The Morgan fingerprint density at radius 3 is 2.74 bits per heavy atom. The standard InChI is InChI=1S/C25H25BClN5O2/c26-19-13-28-32-24(12-21(30-25(19)32)18-3-1-2-4-20(18)27)29-17-7-9-31(10-8-17)14-16-5-6-22-23(11-16)34-15-33-22/h1-6,11-13,17,29H,7-10,14-15,26H2. The van der Waals surface area contributed by atoms with Gasteiger partial charge in [-0.1, -0.05) is 35.9 Å². The number of ether oxygens (including phenoxy) is 2. The van der Waals surface area contributed by atoms with Crippen molar-refractivity contribution in [1.82, 2.24) is 19.5 Å². The largest absolute Gasteiger partial charge is 0.454 e. The van der Waals surface area contributed by atoms with Crippen LogP contribution in [0.15, 0.2) is 54.7 Å². The number of piperidine rings is 1. The lowest BCUT2D eigenvalue weighted by atomic mass is 10.0. The van der Waals surface area contributed by atoms with Crippen LogP contribution in [-0.2, 0) is 6.54 Å². The van der Waals surface area contributed by atoms with Gasteiger partial charge < -0.3 is 14.8 Å². The molecule has 2 aromatic heterocycles. The van der Waals surface area contributed by atoms with Crippen LogP contribution in [0.25, 0.3) is 16.9 Å². The number of benzene rings is 2. The highest BCUT2D eigenvalue weighted by Gasteiger charge is 2.22. The van der Waals surface area contributed by atoms with Crippen molar-refractivity contribution in [2.45, 2.75) is 25.4 Å². The molecule has 172 valence electrons. The van der Waals surface area contributed by atoms with Gasteiger partial charge in [0, 0.05) is 48.5 Å². The van der Waals surface area contributed by atoms with Crippen LogP contribution in [0.1, 0.15) is 18.4 Å². The van der Waals surface area contributed by atoms with Crippen molar-refractivity contribution in [2.24, 2.45) is 0 Å². The molecule has 0 atom stereocenters. The van der Waals surface area contributed by atoms with Crippen molar-refractivity contribution in [3.05, 3.63) is 65.3 Å². The minimum atomic E-state index is 0.312. The van der Waals surface area contributed by atoms with E-state index in [0.717, 1.165) is 72.2 Å². The van der Waals surface area contributed by atoms with Gasteiger partial charge in [-0.2, -0.15) is 9.61 Å². The van der Waals surface area contributed by atoms with Gasteiger partial charge in [0.1, 0.15) is 13.7 Å². The predicted octanol–water partition coefficient (Wildman–Crippen LogP) is 3.11. The first-order valence-corrected chi connectivity index (χ1v) is 12.0. The molecule has 0 bridgehead atoms. The summed E-state index contributed by atoms with van der Waals surface area (Å²) in [4.78, 5) is 7.34. The van der Waals surface area contributed by atoms with Crippen molar-refractivity contribution >= 4 is 36.4 Å². The number of nitrogens with zero attached hydrogens (tertiary/aromatic N) is 4. The highest BCUT2D eigenvalue weighted by Crippen LogP contribution is 2.33. The predicted molar refractivity (Wildman–Crippen MR) is 136 cm³/mol. The summed E-state index contributed by atoms with van der Waals surface area (Å²) >= 11 is 6.48.